The zero-order valence-electron chi connectivity index (χ0n) is 13.4. The molecule has 1 amide bonds. The highest BCUT2D eigenvalue weighted by Crippen LogP contribution is 2.19. The molecule has 2 aromatic rings. The molecule has 1 fully saturated rings. The van der Waals surface area contributed by atoms with Crippen LogP contribution in [0.4, 0.5) is 14.5 Å². The molecule has 0 bridgehead atoms. The van der Waals surface area contributed by atoms with Crippen LogP contribution >= 0.6 is 0 Å². The molecule has 0 aliphatic carbocycles. The number of halogens is 2. The van der Waals surface area contributed by atoms with Crippen molar-refractivity contribution < 1.29 is 13.6 Å². The van der Waals surface area contributed by atoms with Crippen molar-refractivity contribution in [3.63, 3.8) is 0 Å². The van der Waals surface area contributed by atoms with Gasteiger partial charge in [0.15, 0.2) is 0 Å². The Labute approximate surface area is 140 Å². The fraction of sp³-hybridized carbons (Fsp3) is 0.316. The smallest absolute Gasteiger partial charge is 0.255 e. The molecule has 1 heterocycles. The summed E-state index contributed by atoms with van der Waals surface area (Å²) in [5, 5.41) is 2.30. The minimum atomic E-state index is -0.787. The standard InChI is InChI=1S/C19H20F2N2O/c20-16-5-4-6-17(21)18(16)22-19(24)15-9-7-14(8-10-15)13-23-11-2-1-3-12-23/h4-10H,1-3,11-13H2,(H,22,24). The maximum absolute atomic E-state index is 13.6. The van der Waals surface area contributed by atoms with E-state index in [1.54, 1.807) is 12.1 Å². The lowest BCUT2D eigenvalue weighted by Gasteiger charge is -2.26. The molecule has 1 saturated heterocycles. The number of rotatable bonds is 4. The molecule has 5 heteroatoms. The number of likely N-dealkylation sites (tertiary alicyclic amines) is 1. The monoisotopic (exact) mass is 330 g/mol. The predicted octanol–water partition coefficient (Wildman–Crippen LogP) is 4.20. The number of nitrogens with zero attached hydrogens (tertiary/aromatic N) is 1. The first kappa shape index (κ1) is 16.6. The molecular formula is C19H20F2N2O. The quantitative estimate of drug-likeness (QED) is 0.911. The average Bonchev–Trinajstić information content (AvgIpc) is 2.60. The van der Waals surface area contributed by atoms with E-state index in [2.05, 4.69) is 10.2 Å². The van der Waals surface area contributed by atoms with Gasteiger partial charge in [0, 0.05) is 12.1 Å². The summed E-state index contributed by atoms with van der Waals surface area (Å²) in [6.45, 7) is 3.08. The summed E-state index contributed by atoms with van der Waals surface area (Å²) in [5.41, 5.74) is 1.09. The first-order valence-corrected chi connectivity index (χ1v) is 8.20. The Bertz CT molecular complexity index is 690. The molecule has 0 saturated carbocycles. The summed E-state index contributed by atoms with van der Waals surface area (Å²) < 4.78 is 27.2. The molecule has 0 radical (unpaired) electrons. The largest absolute Gasteiger partial charge is 0.317 e. The number of anilines is 1. The molecule has 3 nitrogen and oxygen atoms in total. The normalized spacial score (nSPS) is 15.2. The summed E-state index contributed by atoms with van der Waals surface area (Å²) in [6.07, 6.45) is 3.76. The van der Waals surface area contributed by atoms with Gasteiger partial charge in [-0.15, -0.1) is 0 Å². The van der Waals surface area contributed by atoms with Crippen LogP contribution in [0.25, 0.3) is 0 Å². The second kappa shape index (κ2) is 7.53. The highest BCUT2D eigenvalue weighted by Gasteiger charge is 2.14. The van der Waals surface area contributed by atoms with Crippen LogP contribution in [0.5, 0.6) is 0 Å². The number of piperidine rings is 1. The number of amides is 1. The summed E-state index contributed by atoms with van der Waals surface area (Å²) in [4.78, 5) is 14.6. The van der Waals surface area contributed by atoms with Gasteiger partial charge in [-0.2, -0.15) is 0 Å². The lowest BCUT2D eigenvalue weighted by Crippen LogP contribution is -2.29. The Morgan fingerprint density at radius 1 is 0.958 bits per heavy atom. The lowest BCUT2D eigenvalue weighted by atomic mass is 10.1. The third-order valence-corrected chi connectivity index (χ3v) is 4.27. The van der Waals surface area contributed by atoms with E-state index in [0.717, 1.165) is 37.3 Å². The van der Waals surface area contributed by atoms with Crippen molar-refractivity contribution in [1.29, 1.82) is 0 Å². The SMILES string of the molecule is O=C(Nc1c(F)cccc1F)c1ccc(CN2CCCCC2)cc1. The van der Waals surface area contributed by atoms with E-state index in [0.29, 0.717) is 5.56 Å². The number of para-hydroxylation sites is 1. The predicted molar refractivity (Wildman–Crippen MR) is 89.9 cm³/mol. The fourth-order valence-electron chi connectivity index (χ4n) is 2.94. The van der Waals surface area contributed by atoms with Crippen molar-refractivity contribution in [2.75, 3.05) is 18.4 Å². The molecular weight excluding hydrogens is 310 g/mol. The first-order chi connectivity index (χ1) is 11.6. The molecule has 126 valence electrons. The van der Waals surface area contributed by atoms with Gasteiger partial charge < -0.3 is 5.32 Å². The van der Waals surface area contributed by atoms with Gasteiger partial charge in [-0.1, -0.05) is 24.6 Å². The van der Waals surface area contributed by atoms with Gasteiger partial charge in [-0.05, 0) is 55.8 Å². The molecule has 2 aromatic carbocycles. The summed E-state index contributed by atoms with van der Waals surface area (Å²) in [7, 11) is 0. The van der Waals surface area contributed by atoms with Gasteiger partial charge in [0.05, 0.1) is 0 Å². The van der Waals surface area contributed by atoms with Crippen LogP contribution in [-0.2, 0) is 6.54 Å². The number of hydrogen-bond acceptors (Lipinski definition) is 2. The van der Waals surface area contributed by atoms with Crippen LogP contribution in [0.15, 0.2) is 42.5 Å². The molecule has 1 aliphatic rings. The Hall–Kier alpha value is -2.27. The average molecular weight is 330 g/mol. The van der Waals surface area contributed by atoms with E-state index < -0.39 is 23.2 Å². The molecule has 0 spiro atoms. The van der Waals surface area contributed by atoms with Crippen LogP contribution in [0.3, 0.4) is 0 Å². The topological polar surface area (TPSA) is 32.3 Å². The van der Waals surface area contributed by atoms with E-state index in [9.17, 15) is 13.6 Å². The van der Waals surface area contributed by atoms with Gasteiger partial charge in [0.25, 0.3) is 5.91 Å². The molecule has 1 N–H and O–H groups in total. The van der Waals surface area contributed by atoms with E-state index >= 15 is 0 Å². The second-order valence-corrected chi connectivity index (χ2v) is 6.08. The number of benzene rings is 2. The molecule has 1 aliphatic heterocycles. The van der Waals surface area contributed by atoms with Gasteiger partial charge in [-0.25, -0.2) is 8.78 Å². The van der Waals surface area contributed by atoms with Crippen LogP contribution in [0, 0.1) is 11.6 Å². The molecule has 0 unspecified atom stereocenters. The lowest BCUT2D eigenvalue weighted by molar-refractivity contribution is 0.102. The Morgan fingerprint density at radius 3 is 2.21 bits per heavy atom. The highest BCUT2D eigenvalue weighted by atomic mass is 19.1. The summed E-state index contributed by atoms with van der Waals surface area (Å²) >= 11 is 0. The van der Waals surface area contributed by atoms with Crippen LogP contribution in [0.2, 0.25) is 0 Å². The zero-order chi connectivity index (χ0) is 16.9. The number of nitrogens with one attached hydrogen (secondary N) is 1. The van der Waals surface area contributed by atoms with E-state index in [-0.39, 0.29) is 0 Å². The second-order valence-electron chi connectivity index (χ2n) is 6.08. The first-order valence-electron chi connectivity index (χ1n) is 8.20. The van der Waals surface area contributed by atoms with Gasteiger partial charge in [0.2, 0.25) is 0 Å². The third-order valence-electron chi connectivity index (χ3n) is 4.27. The van der Waals surface area contributed by atoms with Gasteiger partial charge in [0.1, 0.15) is 17.3 Å². The number of carbonyl (C=O) groups is 1. The minimum absolute atomic E-state index is 0.375. The third kappa shape index (κ3) is 3.97. The highest BCUT2D eigenvalue weighted by molar-refractivity contribution is 6.04. The van der Waals surface area contributed by atoms with Crippen molar-refractivity contribution in [1.82, 2.24) is 4.90 Å². The van der Waals surface area contributed by atoms with Gasteiger partial charge >= 0.3 is 0 Å². The molecule has 24 heavy (non-hydrogen) atoms. The Kier molecular flexibility index (Phi) is 5.20. The van der Waals surface area contributed by atoms with E-state index in [4.69, 9.17) is 0 Å². The Morgan fingerprint density at radius 2 is 1.58 bits per heavy atom. The van der Waals surface area contributed by atoms with Crippen LogP contribution < -0.4 is 5.32 Å². The summed E-state index contributed by atoms with van der Waals surface area (Å²) in [5.74, 6) is -2.10. The maximum atomic E-state index is 13.6. The van der Waals surface area contributed by atoms with E-state index in [1.807, 2.05) is 12.1 Å². The van der Waals surface area contributed by atoms with E-state index in [1.165, 1.54) is 25.3 Å². The molecule has 3 rings (SSSR count). The molecule has 0 atom stereocenters. The summed E-state index contributed by atoms with van der Waals surface area (Å²) in [6, 6.07) is 10.6. The minimum Gasteiger partial charge on any atom is -0.317 e. The maximum Gasteiger partial charge on any atom is 0.255 e. The van der Waals surface area contributed by atoms with Crippen molar-refractivity contribution in [2.45, 2.75) is 25.8 Å². The fourth-order valence-corrected chi connectivity index (χ4v) is 2.94. The Balaban J connectivity index is 1.65. The van der Waals surface area contributed by atoms with Crippen LogP contribution in [-0.4, -0.2) is 23.9 Å². The van der Waals surface area contributed by atoms with Crippen molar-refractivity contribution >= 4 is 11.6 Å². The van der Waals surface area contributed by atoms with Crippen molar-refractivity contribution in [2.24, 2.45) is 0 Å². The zero-order valence-corrected chi connectivity index (χ0v) is 13.4. The van der Waals surface area contributed by atoms with Crippen molar-refractivity contribution in [3.8, 4) is 0 Å². The number of carbonyl (C=O) groups excluding carboxylic acids is 1. The number of hydrogen-bond donors (Lipinski definition) is 1. The molecule has 0 aromatic heterocycles. The van der Waals surface area contributed by atoms with Gasteiger partial charge in [-0.3, -0.25) is 9.69 Å². The van der Waals surface area contributed by atoms with Crippen molar-refractivity contribution in [3.05, 3.63) is 65.2 Å². The van der Waals surface area contributed by atoms with Crippen LogP contribution in [0.1, 0.15) is 35.2 Å².